The van der Waals surface area contributed by atoms with Gasteiger partial charge in [0.25, 0.3) is 0 Å². The molecule has 0 bridgehead atoms. The van der Waals surface area contributed by atoms with Gasteiger partial charge >= 0.3 is 103 Å². The molecule has 0 saturated carbocycles. The summed E-state index contributed by atoms with van der Waals surface area (Å²) in [6, 6.07) is 9.27. The molecule has 0 aromatic heterocycles. The van der Waals surface area contributed by atoms with Crippen molar-refractivity contribution in [3.63, 3.8) is 0 Å². The van der Waals surface area contributed by atoms with Crippen LogP contribution in [0.25, 0.3) is 0 Å². The Balaban J connectivity index is 0.00000512. The first-order chi connectivity index (χ1) is 14.6. The molecule has 2 rings (SSSR count). The molecule has 0 atom stereocenters. The van der Waals surface area contributed by atoms with Crippen molar-refractivity contribution >= 4 is 20.2 Å². The molecule has 0 heterocycles. The van der Waals surface area contributed by atoms with E-state index in [0.29, 0.717) is 12.0 Å². The molecule has 0 unspecified atom stereocenters. The first-order valence-electron chi connectivity index (χ1n) is 10.4. The summed E-state index contributed by atoms with van der Waals surface area (Å²) in [7, 11) is -9.71. The maximum absolute atomic E-state index is 11.8. The Morgan fingerprint density at radius 3 is 1.79 bits per heavy atom. The minimum Gasteiger partial charge on any atom is -0.744 e. The van der Waals surface area contributed by atoms with Crippen LogP contribution >= 0.6 is 0 Å². The zero-order valence-corrected chi connectivity index (χ0v) is 27.5. The minimum absolute atomic E-state index is 0. The molecule has 0 radical (unpaired) electrons. The maximum atomic E-state index is 11.8. The Morgan fingerprint density at radius 1 is 0.697 bits per heavy atom. The minimum atomic E-state index is -4.88. The van der Waals surface area contributed by atoms with Crippen LogP contribution in [-0.4, -0.2) is 25.9 Å². The summed E-state index contributed by atoms with van der Waals surface area (Å²) in [5.41, 5.74) is 0.678. The van der Waals surface area contributed by atoms with Gasteiger partial charge in [-0.25, -0.2) is 16.8 Å². The maximum Gasteiger partial charge on any atom is 1.00 e. The van der Waals surface area contributed by atoms with Crippen molar-refractivity contribution in [2.24, 2.45) is 0 Å². The van der Waals surface area contributed by atoms with Gasteiger partial charge in [0.05, 0.1) is 9.79 Å². The Labute approximate surface area is 282 Å². The predicted octanol–water partition coefficient (Wildman–Crippen LogP) is -1.02. The molecule has 7 nitrogen and oxygen atoms in total. The molecule has 0 N–H and O–H groups in total. The Hall–Kier alpha value is 1.33. The molecule has 0 aliphatic rings. The molecule has 33 heavy (non-hydrogen) atoms. The number of rotatable bonds is 13. The van der Waals surface area contributed by atoms with Crippen LogP contribution in [0.4, 0.5) is 0 Å². The topological polar surface area (TPSA) is 124 Å². The third kappa shape index (κ3) is 12.4. The van der Waals surface area contributed by atoms with E-state index in [-0.39, 0.29) is 114 Å². The molecule has 0 aliphatic heterocycles. The first kappa shape index (κ1) is 34.3. The van der Waals surface area contributed by atoms with E-state index in [1.54, 1.807) is 6.07 Å². The Bertz CT molecular complexity index is 1070. The van der Waals surface area contributed by atoms with Crippen LogP contribution in [-0.2, 0) is 26.7 Å². The molecule has 11 heteroatoms. The Morgan fingerprint density at radius 2 is 1.21 bits per heavy atom. The quantitative estimate of drug-likeness (QED) is 0.179. The van der Waals surface area contributed by atoms with Crippen LogP contribution < -0.4 is 108 Å². The zero-order chi connectivity index (χ0) is 22.9. The molecular weight excluding hydrogens is 519 g/mol. The first-order valence-corrected chi connectivity index (χ1v) is 13.3. The van der Waals surface area contributed by atoms with E-state index in [1.165, 1.54) is 62.4 Å². The molecule has 0 fully saturated rings. The number of para-hydroxylation sites is 1. The van der Waals surface area contributed by atoms with Crippen molar-refractivity contribution in [1.82, 2.24) is 0 Å². The van der Waals surface area contributed by atoms with Crippen LogP contribution in [0, 0.1) is 0 Å². The van der Waals surface area contributed by atoms with Crippen LogP contribution in [0.5, 0.6) is 11.5 Å². The van der Waals surface area contributed by atoms with Crippen LogP contribution in [0.2, 0.25) is 0 Å². The Kier molecular flexibility index (Phi) is 17.6. The van der Waals surface area contributed by atoms with Gasteiger partial charge in [-0.2, -0.15) is 0 Å². The summed E-state index contributed by atoms with van der Waals surface area (Å²) in [6.07, 6.45) is 9.71. The average Bonchev–Trinajstić information content (AvgIpc) is 2.70. The number of aryl methyl sites for hydroxylation is 1. The van der Waals surface area contributed by atoms with Gasteiger partial charge < -0.3 is 13.8 Å². The van der Waals surface area contributed by atoms with Crippen molar-refractivity contribution in [3.8, 4) is 11.5 Å². The van der Waals surface area contributed by atoms with Gasteiger partial charge in [-0.1, -0.05) is 70.1 Å². The van der Waals surface area contributed by atoms with Gasteiger partial charge in [0, 0.05) is 0 Å². The largest absolute Gasteiger partial charge is 1.00 e. The van der Waals surface area contributed by atoms with Gasteiger partial charge in [-0.3, -0.25) is 0 Å². The number of hydrogen-bond acceptors (Lipinski definition) is 7. The fourth-order valence-corrected chi connectivity index (χ4v) is 4.56. The van der Waals surface area contributed by atoms with Crippen LogP contribution in [0.1, 0.15) is 63.9 Å². The zero-order valence-electron chi connectivity index (χ0n) is 19.6. The number of benzene rings is 2. The molecule has 0 spiro atoms. The molecule has 2 aromatic rings. The van der Waals surface area contributed by atoms with Gasteiger partial charge in [0.2, 0.25) is 0 Å². The van der Waals surface area contributed by atoms with Crippen LogP contribution in [0.15, 0.2) is 52.3 Å². The van der Waals surface area contributed by atoms with E-state index in [4.69, 9.17) is 4.74 Å². The molecule has 0 aliphatic carbocycles. The van der Waals surface area contributed by atoms with Crippen molar-refractivity contribution in [3.05, 3.63) is 48.0 Å². The normalized spacial score (nSPS) is 11.4. The van der Waals surface area contributed by atoms with Crippen molar-refractivity contribution in [2.45, 2.75) is 74.5 Å². The van der Waals surface area contributed by atoms with E-state index >= 15 is 0 Å². The fraction of sp³-hybridized carbons (Fsp3) is 0.455. The second kappa shape index (κ2) is 17.0. The molecular formula is C22H28K2O7S2. The third-order valence-corrected chi connectivity index (χ3v) is 6.67. The second-order valence-electron chi connectivity index (χ2n) is 7.46. The van der Waals surface area contributed by atoms with Gasteiger partial charge in [-0.05, 0) is 42.7 Å². The van der Waals surface area contributed by atoms with Crippen molar-refractivity contribution in [2.75, 3.05) is 0 Å². The summed E-state index contributed by atoms with van der Waals surface area (Å²) in [5.74, 6) is -0.649. The van der Waals surface area contributed by atoms with Gasteiger partial charge in [-0.15, -0.1) is 0 Å². The smallest absolute Gasteiger partial charge is 0.744 e. The van der Waals surface area contributed by atoms with E-state index in [0.717, 1.165) is 25.3 Å². The summed E-state index contributed by atoms with van der Waals surface area (Å²) in [5, 5.41) is 0. The molecule has 0 amide bonds. The van der Waals surface area contributed by atoms with Crippen molar-refractivity contribution in [1.29, 1.82) is 0 Å². The van der Waals surface area contributed by atoms with Crippen molar-refractivity contribution < 1.29 is 133 Å². The SMILES string of the molecule is CCCCCCCCCCc1ccc(Oc2ccccc2S(=O)(=O)[O-])c(S(=O)(=O)[O-])c1.[K+].[K+]. The standard InChI is InChI=1S/C22H30O7S2.2K/c1-2-3-4-5-6-7-8-9-12-18-15-16-20(22(17-18)31(26,27)28)29-19-13-10-11-14-21(19)30(23,24)25;;/h10-11,13-17H,2-9,12H2,1H3,(H,23,24,25)(H,26,27,28);;/q;2*+1/p-2. The van der Waals surface area contributed by atoms with E-state index in [1.807, 2.05) is 0 Å². The number of unbranched alkanes of at least 4 members (excludes halogenated alkanes) is 7. The van der Waals surface area contributed by atoms with E-state index in [9.17, 15) is 25.9 Å². The number of ether oxygens (including phenoxy) is 1. The molecule has 2 aromatic carbocycles. The summed E-state index contributed by atoms with van der Waals surface area (Å²) >= 11 is 0. The summed E-state index contributed by atoms with van der Waals surface area (Å²) in [6.45, 7) is 2.18. The molecule has 172 valence electrons. The average molecular weight is 547 g/mol. The van der Waals surface area contributed by atoms with E-state index < -0.39 is 30.0 Å². The monoisotopic (exact) mass is 546 g/mol. The predicted molar refractivity (Wildman–Crippen MR) is 115 cm³/mol. The second-order valence-corrected chi connectivity index (χ2v) is 10.2. The van der Waals surface area contributed by atoms with Crippen LogP contribution in [0.3, 0.4) is 0 Å². The summed E-state index contributed by atoms with van der Waals surface area (Å²) < 4.78 is 74.9. The van der Waals surface area contributed by atoms with Gasteiger partial charge in [0.1, 0.15) is 31.7 Å². The number of hydrogen-bond donors (Lipinski definition) is 0. The van der Waals surface area contributed by atoms with Gasteiger partial charge in [0.15, 0.2) is 0 Å². The molecule has 0 saturated heterocycles. The van der Waals surface area contributed by atoms with E-state index in [2.05, 4.69) is 6.92 Å². The fourth-order valence-electron chi connectivity index (χ4n) is 3.31. The third-order valence-electron chi connectivity index (χ3n) is 4.93. The summed E-state index contributed by atoms with van der Waals surface area (Å²) in [4.78, 5) is -1.21.